The quantitative estimate of drug-likeness (QED) is 0.760. The molecular formula is C11H18N4O2S. The Kier molecular flexibility index (Phi) is 3.27. The topological polar surface area (TPSA) is 77.7 Å². The SMILES string of the molecule is CC(C)(c1nnn(CC2CC=CC2)n1)S(C)(=O)=O. The maximum Gasteiger partial charge on any atom is 0.195 e. The van der Waals surface area contributed by atoms with Crippen LogP contribution in [-0.2, 0) is 21.1 Å². The zero-order chi connectivity index (χ0) is 13.4. The van der Waals surface area contributed by atoms with E-state index in [4.69, 9.17) is 0 Å². The summed E-state index contributed by atoms with van der Waals surface area (Å²) in [5.41, 5.74) is 0. The average molecular weight is 270 g/mol. The zero-order valence-corrected chi connectivity index (χ0v) is 11.7. The number of rotatable bonds is 4. The molecule has 0 unspecified atom stereocenters. The van der Waals surface area contributed by atoms with Crippen molar-refractivity contribution in [3.63, 3.8) is 0 Å². The van der Waals surface area contributed by atoms with Crippen LogP contribution < -0.4 is 0 Å². The summed E-state index contributed by atoms with van der Waals surface area (Å²) in [6, 6.07) is 0. The van der Waals surface area contributed by atoms with E-state index in [1.807, 2.05) is 0 Å². The minimum absolute atomic E-state index is 0.260. The molecular weight excluding hydrogens is 252 g/mol. The molecule has 0 aromatic carbocycles. The van der Waals surface area contributed by atoms with Crippen LogP contribution in [0.25, 0.3) is 0 Å². The average Bonchev–Trinajstić information content (AvgIpc) is 2.87. The third kappa shape index (κ3) is 2.45. The van der Waals surface area contributed by atoms with Gasteiger partial charge in [0.15, 0.2) is 15.7 Å². The molecule has 0 N–H and O–H groups in total. The lowest BCUT2D eigenvalue weighted by molar-refractivity contribution is 0.396. The Balaban J connectivity index is 2.15. The lowest BCUT2D eigenvalue weighted by Gasteiger charge is -2.17. The Labute approximate surface area is 107 Å². The van der Waals surface area contributed by atoms with Crippen LogP contribution >= 0.6 is 0 Å². The summed E-state index contributed by atoms with van der Waals surface area (Å²) in [7, 11) is -3.26. The molecule has 0 saturated carbocycles. The van der Waals surface area contributed by atoms with E-state index < -0.39 is 14.6 Å². The van der Waals surface area contributed by atoms with Gasteiger partial charge in [-0.1, -0.05) is 12.2 Å². The maximum absolute atomic E-state index is 11.7. The van der Waals surface area contributed by atoms with Crippen LogP contribution in [0.1, 0.15) is 32.5 Å². The van der Waals surface area contributed by atoms with Crippen LogP contribution in [0, 0.1) is 5.92 Å². The molecule has 1 aromatic rings. The third-order valence-electron chi connectivity index (χ3n) is 3.45. The molecule has 0 fully saturated rings. The number of tetrazole rings is 1. The summed E-state index contributed by atoms with van der Waals surface area (Å²) < 4.78 is 22.3. The molecule has 2 rings (SSSR count). The van der Waals surface area contributed by atoms with Crippen molar-refractivity contribution in [3.8, 4) is 0 Å². The van der Waals surface area contributed by atoms with Gasteiger partial charge in [0, 0.05) is 6.26 Å². The van der Waals surface area contributed by atoms with Crippen LogP contribution in [0.3, 0.4) is 0 Å². The van der Waals surface area contributed by atoms with E-state index in [0.717, 1.165) is 12.8 Å². The maximum atomic E-state index is 11.7. The highest BCUT2D eigenvalue weighted by atomic mass is 32.2. The number of allylic oxidation sites excluding steroid dienone is 2. The predicted octanol–water partition coefficient (Wildman–Crippen LogP) is 0.919. The summed E-state index contributed by atoms with van der Waals surface area (Å²) in [5.74, 6) is 0.754. The van der Waals surface area contributed by atoms with Crippen molar-refractivity contribution >= 4 is 9.84 Å². The highest BCUT2D eigenvalue weighted by Gasteiger charge is 2.37. The normalized spacial score (nSPS) is 17.5. The van der Waals surface area contributed by atoms with Crippen molar-refractivity contribution in [1.29, 1.82) is 0 Å². The van der Waals surface area contributed by atoms with Crippen LogP contribution in [0.5, 0.6) is 0 Å². The molecule has 1 aliphatic carbocycles. The Hall–Kier alpha value is -1.24. The summed E-state index contributed by atoms with van der Waals surface area (Å²) >= 11 is 0. The van der Waals surface area contributed by atoms with Crippen molar-refractivity contribution in [1.82, 2.24) is 20.2 Å². The fourth-order valence-electron chi connectivity index (χ4n) is 1.78. The van der Waals surface area contributed by atoms with Crippen LogP contribution in [0.2, 0.25) is 0 Å². The number of aromatic nitrogens is 4. The van der Waals surface area contributed by atoms with Crippen molar-refractivity contribution in [2.24, 2.45) is 5.92 Å². The number of sulfone groups is 1. The van der Waals surface area contributed by atoms with Gasteiger partial charge in [-0.2, -0.15) is 4.80 Å². The molecule has 0 amide bonds. The lowest BCUT2D eigenvalue weighted by Crippen LogP contribution is -2.29. The molecule has 18 heavy (non-hydrogen) atoms. The second kappa shape index (κ2) is 4.46. The van der Waals surface area contributed by atoms with E-state index in [-0.39, 0.29) is 5.82 Å². The minimum atomic E-state index is -3.26. The first-order valence-corrected chi connectivity index (χ1v) is 7.83. The van der Waals surface area contributed by atoms with Gasteiger partial charge in [0.05, 0.1) is 6.54 Å². The molecule has 100 valence electrons. The van der Waals surface area contributed by atoms with Crippen LogP contribution in [-0.4, -0.2) is 34.9 Å². The van der Waals surface area contributed by atoms with Gasteiger partial charge in [-0.3, -0.25) is 0 Å². The first-order valence-electron chi connectivity index (χ1n) is 5.93. The van der Waals surface area contributed by atoms with E-state index in [1.54, 1.807) is 13.8 Å². The van der Waals surface area contributed by atoms with Crippen molar-refractivity contribution in [3.05, 3.63) is 18.0 Å². The van der Waals surface area contributed by atoms with Crippen molar-refractivity contribution < 1.29 is 8.42 Å². The van der Waals surface area contributed by atoms with Gasteiger partial charge in [-0.15, -0.1) is 10.2 Å². The fourth-order valence-corrected chi connectivity index (χ4v) is 2.19. The van der Waals surface area contributed by atoms with Crippen LogP contribution in [0.4, 0.5) is 0 Å². The van der Waals surface area contributed by atoms with Gasteiger partial charge in [0.25, 0.3) is 0 Å². The van der Waals surface area contributed by atoms with Gasteiger partial charge >= 0.3 is 0 Å². The van der Waals surface area contributed by atoms with E-state index in [2.05, 4.69) is 27.6 Å². The van der Waals surface area contributed by atoms with Gasteiger partial charge < -0.3 is 0 Å². The van der Waals surface area contributed by atoms with E-state index in [0.29, 0.717) is 12.5 Å². The summed E-state index contributed by atoms with van der Waals surface area (Å²) in [4.78, 5) is 1.50. The molecule has 0 atom stereocenters. The molecule has 0 radical (unpaired) electrons. The molecule has 1 aromatic heterocycles. The Bertz CT molecular complexity index is 551. The Morgan fingerprint density at radius 2 is 2.00 bits per heavy atom. The number of nitrogens with zero attached hydrogens (tertiary/aromatic N) is 4. The van der Waals surface area contributed by atoms with E-state index in [1.165, 1.54) is 11.1 Å². The first-order chi connectivity index (χ1) is 8.30. The molecule has 0 bridgehead atoms. The fraction of sp³-hybridized carbons (Fsp3) is 0.727. The van der Waals surface area contributed by atoms with Gasteiger partial charge in [-0.05, 0) is 37.8 Å². The number of hydrogen-bond donors (Lipinski definition) is 0. The Morgan fingerprint density at radius 3 is 2.56 bits per heavy atom. The summed E-state index contributed by atoms with van der Waals surface area (Å²) in [6.07, 6.45) is 7.51. The van der Waals surface area contributed by atoms with Gasteiger partial charge in [-0.25, -0.2) is 8.42 Å². The van der Waals surface area contributed by atoms with Crippen molar-refractivity contribution in [2.45, 2.75) is 38.0 Å². The summed E-state index contributed by atoms with van der Waals surface area (Å²) in [6.45, 7) is 3.88. The zero-order valence-electron chi connectivity index (χ0n) is 10.9. The second-order valence-electron chi connectivity index (χ2n) is 5.26. The smallest absolute Gasteiger partial charge is 0.195 e. The molecule has 7 heteroatoms. The number of hydrogen-bond acceptors (Lipinski definition) is 5. The van der Waals surface area contributed by atoms with E-state index in [9.17, 15) is 8.42 Å². The molecule has 0 spiro atoms. The van der Waals surface area contributed by atoms with Crippen molar-refractivity contribution in [2.75, 3.05) is 6.26 Å². The Morgan fingerprint density at radius 1 is 1.39 bits per heavy atom. The largest absolute Gasteiger partial charge is 0.228 e. The summed E-state index contributed by atoms with van der Waals surface area (Å²) in [5, 5.41) is 12.0. The van der Waals surface area contributed by atoms with Gasteiger partial charge in [0.2, 0.25) is 0 Å². The van der Waals surface area contributed by atoms with Gasteiger partial charge in [0.1, 0.15) is 4.75 Å². The minimum Gasteiger partial charge on any atom is -0.228 e. The van der Waals surface area contributed by atoms with Crippen LogP contribution in [0.15, 0.2) is 12.2 Å². The molecule has 0 saturated heterocycles. The predicted molar refractivity (Wildman–Crippen MR) is 67.6 cm³/mol. The van der Waals surface area contributed by atoms with E-state index >= 15 is 0 Å². The second-order valence-corrected chi connectivity index (χ2v) is 7.82. The molecule has 6 nitrogen and oxygen atoms in total. The highest BCUT2D eigenvalue weighted by Crippen LogP contribution is 2.25. The molecule has 1 aliphatic rings. The lowest BCUT2D eigenvalue weighted by atomic mass is 10.1. The first kappa shape index (κ1) is 13.2. The molecule has 0 aliphatic heterocycles. The monoisotopic (exact) mass is 270 g/mol. The third-order valence-corrected chi connectivity index (χ3v) is 5.48. The molecule has 1 heterocycles. The standard InChI is InChI=1S/C11H18N4O2S/c1-11(2,18(3,16)17)10-12-14-15(13-10)8-9-6-4-5-7-9/h4-5,9H,6-8H2,1-3H3. The highest BCUT2D eigenvalue weighted by molar-refractivity contribution is 7.91.